The minimum Gasteiger partial charge on any atom is -0.406 e. The summed E-state index contributed by atoms with van der Waals surface area (Å²) in [5.41, 5.74) is 2.78. The third-order valence-corrected chi connectivity index (χ3v) is 6.15. The van der Waals surface area contributed by atoms with Crippen molar-refractivity contribution in [3.63, 3.8) is 0 Å². The molecule has 0 saturated carbocycles. The Balaban J connectivity index is 1.39. The Hall–Kier alpha value is -2.30. The van der Waals surface area contributed by atoms with Crippen LogP contribution >= 0.6 is 0 Å². The number of rotatable bonds is 7. The first-order valence-corrected chi connectivity index (χ1v) is 11.5. The van der Waals surface area contributed by atoms with Crippen molar-refractivity contribution in [3.05, 3.63) is 36.2 Å². The van der Waals surface area contributed by atoms with Crippen LogP contribution in [0.25, 0.3) is 5.69 Å². The van der Waals surface area contributed by atoms with Crippen molar-refractivity contribution >= 4 is 5.69 Å². The first-order chi connectivity index (χ1) is 15.8. The van der Waals surface area contributed by atoms with Gasteiger partial charge in [0.2, 0.25) is 0 Å². The van der Waals surface area contributed by atoms with E-state index in [0.717, 1.165) is 77.0 Å². The summed E-state index contributed by atoms with van der Waals surface area (Å²) in [5, 5.41) is 4.76. The molecule has 2 aliphatic rings. The Labute approximate surface area is 192 Å². The van der Waals surface area contributed by atoms with E-state index in [-0.39, 0.29) is 11.7 Å². The third-order valence-electron chi connectivity index (χ3n) is 6.15. The van der Waals surface area contributed by atoms with Crippen LogP contribution in [0.5, 0.6) is 5.75 Å². The molecular formula is C23H32F3N5O2. The molecule has 0 atom stereocenters. The lowest BCUT2D eigenvalue weighted by atomic mass is 10.1. The van der Waals surface area contributed by atoms with Crippen molar-refractivity contribution in [3.8, 4) is 11.4 Å². The molecule has 0 bridgehead atoms. The van der Waals surface area contributed by atoms with Crippen LogP contribution in [0, 0.1) is 0 Å². The van der Waals surface area contributed by atoms with Gasteiger partial charge in [-0.25, -0.2) is 4.68 Å². The highest BCUT2D eigenvalue weighted by atomic mass is 19.4. The van der Waals surface area contributed by atoms with Crippen molar-refractivity contribution in [1.82, 2.24) is 19.6 Å². The average molecular weight is 468 g/mol. The molecule has 0 amide bonds. The smallest absolute Gasteiger partial charge is 0.406 e. The van der Waals surface area contributed by atoms with Gasteiger partial charge in [-0.2, -0.15) is 5.10 Å². The molecule has 0 spiro atoms. The van der Waals surface area contributed by atoms with Gasteiger partial charge in [-0.1, -0.05) is 13.8 Å². The molecule has 2 aromatic rings. The number of morpholine rings is 1. The number of ether oxygens (including phenoxy) is 2. The van der Waals surface area contributed by atoms with Crippen LogP contribution in [0.3, 0.4) is 0 Å². The number of aromatic nitrogens is 2. The SMILES string of the molecule is CC(C)c1nn(-c2ccc(OC(F)(F)F)cc2)cc1N1CCN(CCN2CCOCC2)CC1. The van der Waals surface area contributed by atoms with E-state index in [0.29, 0.717) is 5.69 Å². The summed E-state index contributed by atoms with van der Waals surface area (Å²) in [7, 11) is 0. The molecule has 3 heterocycles. The van der Waals surface area contributed by atoms with Crippen molar-refractivity contribution in [1.29, 1.82) is 0 Å². The van der Waals surface area contributed by atoms with Gasteiger partial charge in [0.15, 0.2) is 0 Å². The molecule has 7 nitrogen and oxygen atoms in total. The summed E-state index contributed by atoms with van der Waals surface area (Å²) >= 11 is 0. The van der Waals surface area contributed by atoms with E-state index >= 15 is 0 Å². The van der Waals surface area contributed by atoms with Crippen molar-refractivity contribution in [2.75, 3.05) is 70.5 Å². The number of nitrogens with zero attached hydrogens (tertiary/aromatic N) is 5. The zero-order valence-electron chi connectivity index (χ0n) is 19.2. The molecule has 0 N–H and O–H groups in total. The van der Waals surface area contributed by atoms with Gasteiger partial charge in [0.05, 0.1) is 36.5 Å². The number of halogens is 3. The minimum atomic E-state index is -4.70. The molecule has 0 unspecified atom stereocenters. The summed E-state index contributed by atoms with van der Waals surface area (Å²) in [6, 6.07) is 5.80. The summed E-state index contributed by atoms with van der Waals surface area (Å²) in [6.07, 6.45) is -2.71. The summed E-state index contributed by atoms with van der Waals surface area (Å²) in [4.78, 5) is 7.33. The molecular weight excluding hydrogens is 435 g/mol. The van der Waals surface area contributed by atoms with Gasteiger partial charge in [-0.15, -0.1) is 13.2 Å². The highest BCUT2D eigenvalue weighted by Crippen LogP contribution is 2.30. The largest absolute Gasteiger partial charge is 0.573 e. The van der Waals surface area contributed by atoms with Crippen LogP contribution in [0.4, 0.5) is 18.9 Å². The van der Waals surface area contributed by atoms with E-state index in [1.807, 2.05) is 6.20 Å². The van der Waals surface area contributed by atoms with Crippen molar-refractivity contribution in [2.45, 2.75) is 26.1 Å². The Morgan fingerprint density at radius 3 is 2.12 bits per heavy atom. The quantitative estimate of drug-likeness (QED) is 0.623. The number of hydrogen-bond acceptors (Lipinski definition) is 6. The standard InChI is InChI=1S/C23H32F3N5O2/c1-18(2)22-21(17-31(27-22)19-3-5-20(6-4-19)33-23(24,25)26)30-11-9-28(10-12-30)7-8-29-13-15-32-16-14-29/h3-6,17-18H,7-16H2,1-2H3. The number of alkyl halides is 3. The number of anilines is 1. The van der Waals surface area contributed by atoms with E-state index in [1.54, 1.807) is 16.8 Å². The Kier molecular flexibility index (Phi) is 7.45. The lowest BCUT2D eigenvalue weighted by Crippen LogP contribution is -2.49. The predicted octanol–water partition coefficient (Wildman–Crippen LogP) is 3.35. The van der Waals surface area contributed by atoms with Crippen LogP contribution in [0.2, 0.25) is 0 Å². The zero-order valence-corrected chi connectivity index (χ0v) is 19.2. The molecule has 0 radical (unpaired) electrons. The molecule has 182 valence electrons. The lowest BCUT2D eigenvalue weighted by molar-refractivity contribution is -0.274. The second-order valence-corrected chi connectivity index (χ2v) is 8.82. The first kappa shape index (κ1) is 23.8. The molecule has 2 aliphatic heterocycles. The maximum Gasteiger partial charge on any atom is 0.573 e. The average Bonchev–Trinajstić information content (AvgIpc) is 3.24. The van der Waals surface area contributed by atoms with Crippen LogP contribution < -0.4 is 9.64 Å². The maximum absolute atomic E-state index is 12.4. The predicted molar refractivity (Wildman–Crippen MR) is 120 cm³/mol. The van der Waals surface area contributed by atoms with Gasteiger partial charge in [0, 0.05) is 52.4 Å². The first-order valence-electron chi connectivity index (χ1n) is 11.5. The zero-order chi connectivity index (χ0) is 23.4. The Bertz CT molecular complexity index is 886. The highest BCUT2D eigenvalue weighted by Gasteiger charge is 2.31. The second-order valence-electron chi connectivity index (χ2n) is 8.82. The van der Waals surface area contributed by atoms with E-state index in [9.17, 15) is 13.2 Å². The normalized spacial score (nSPS) is 18.8. The molecule has 1 aromatic carbocycles. The molecule has 1 aromatic heterocycles. The van der Waals surface area contributed by atoms with Crippen LogP contribution in [0.1, 0.15) is 25.5 Å². The summed E-state index contributed by atoms with van der Waals surface area (Å²) in [5.74, 6) is -0.00986. The van der Waals surface area contributed by atoms with E-state index in [1.165, 1.54) is 12.1 Å². The second kappa shape index (κ2) is 10.3. The highest BCUT2D eigenvalue weighted by molar-refractivity contribution is 5.53. The Morgan fingerprint density at radius 2 is 1.55 bits per heavy atom. The topological polar surface area (TPSA) is 46.0 Å². The summed E-state index contributed by atoms with van der Waals surface area (Å²) < 4.78 is 48.4. The number of hydrogen-bond donors (Lipinski definition) is 0. The van der Waals surface area contributed by atoms with Gasteiger partial charge < -0.3 is 14.4 Å². The van der Waals surface area contributed by atoms with Crippen molar-refractivity contribution < 1.29 is 22.6 Å². The minimum absolute atomic E-state index is 0.230. The maximum atomic E-state index is 12.4. The molecule has 2 saturated heterocycles. The summed E-state index contributed by atoms with van der Waals surface area (Å²) in [6.45, 7) is 13.9. The lowest BCUT2D eigenvalue weighted by Gasteiger charge is -2.37. The van der Waals surface area contributed by atoms with Gasteiger partial charge >= 0.3 is 6.36 Å². The van der Waals surface area contributed by atoms with E-state index in [4.69, 9.17) is 9.84 Å². The van der Waals surface area contributed by atoms with Crippen molar-refractivity contribution in [2.24, 2.45) is 0 Å². The van der Waals surface area contributed by atoms with E-state index < -0.39 is 6.36 Å². The van der Waals surface area contributed by atoms with Gasteiger partial charge in [0.25, 0.3) is 0 Å². The molecule has 33 heavy (non-hydrogen) atoms. The molecule has 10 heteroatoms. The number of piperazine rings is 1. The van der Waals surface area contributed by atoms with Crippen LogP contribution in [-0.4, -0.2) is 91.5 Å². The molecule has 4 rings (SSSR count). The van der Waals surface area contributed by atoms with Crippen LogP contribution in [-0.2, 0) is 4.74 Å². The fraction of sp³-hybridized carbons (Fsp3) is 0.609. The van der Waals surface area contributed by atoms with Crippen LogP contribution in [0.15, 0.2) is 30.5 Å². The van der Waals surface area contributed by atoms with Gasteiger partial charge in [-0.05, 0) is 30.2 Å². The van der Waals surface area contributed by atoms with E-state index in [2.05, 4.69) is 33.3 Å². The van der Waals surface area contributed by atoms with Gasteiger partial charge in [-0.3, -0.25) is 9.80 Å². The fourth-order valence-electron chi connectivity index (χ4n) is 4.29. The number of benzene rings is 1. The fourth-order valence-corrected chi connectivity index (χ4v) is 4.29. The monoisotopic (exact) mass is 467 g/mol. The molecule has 0 aliphatic carbocycles. The molecule has 2 fully saturated rings. The Morgan fingerprint density at radius 1 is 0.939 bits per heavy atom. The van der Waals surface area contributed by atoms with Gasteiger partial charge in [0.1, 0.15) is 5.75 Å². The third kappa shape index (κ3) is 6.39.